The fourth-order valence-electron chi connectivity index (χ4n) is 3.12. The molecule has 0 aromatic carbocycles. The van der Waals surface area contributed by atoms with Crippen molar-refractivity contribution >= 4 is 0 Å². The molecule has 0 radical (unpaired) electrons. The summed E-state index contributed by atoms with van der Waals surface area (Å²) in [5, 5.41) is 8.27. The molecule has 18 heavy (non-hydrogen) atoms. The van der Waals surface area contributed by atoms with Crippen molar-refractivity contribution < 1.29 is 0 Å². The number of rotatable bonds is 5. The Hall–Kier alpha value is -0.830. The van der Waals surface area contributed by atoms with Crippen LogP contribution in [-0.2, 0) is 6.54 Å². The maximum absolute atomic E-state index is 4.73. The molecule has 0 spiro atoms. The van der Waals surface area contributed by atoms with E-state index < -0.39 is 0 Å². The van der Waals surface area contributed by atoms with Crippen molar-refractivity contribution in [1.29, 1.82) is 0 Å². The van der Waals surface area contributed by atoms with Crippen molar-refractivity contribution in [3.05, 3.63) is 18.0 Å². The molecule has 2 aliphatic carbocycles. The molecule has 2 aliphatic rings. The van der Waals surface area contributed by atoms with Crippen molar-refractivity contribution in [2.75, 3.05) is 6.54 Å². The first-order chi connectivity index (χ1) is 8.92. The lowest BCUT2D eigenvalue weighted by atomic mass is 9.85. The number of hydrogen-bond donors (Lipinski definition) is 1. The third-order valence-corrected chi connectivity index (χ3v) is 4.58. The Morgan fingerprint density at radius 1 is 1.11 bits per heavy atom. The van der Waals surface area contributed by atoms with Crippen LogP contribution in [0.1, 0.15) is 63.1 Å². The summed E-state index contributed by atoms with van der Waals surface area (Å²) in [5.74, 6) is 0.936. The topological polar surface area (TPSA) is 29.9 Å². The Morgan fingerprint density at radius 2 is 1.94 bits per heavy atom. The lowest BCUT2D eigenvalue weighted by molar-refractivity contribution is 0.299. The van der Waals surface area contributed by atoms with E-state index in [1.165, 1.54) is 63.6 Å². The molecule has 2 saturated carbocycles. The van der Waals surface area contributed by atoms with Gasteiger partial charge in [-0.25, -0.2) is 0 Å². The second-order valence-electron chi connectivity index (χ2n) is 6.01. The van der Waals surface area contributed by atoms with Gasteiger partial charge in [-0.2, -0.15) is 5.10 Å². The van der Waals surface area contributed by atoms with Crippen LogP contribution in [0.3, 0.4) is 0 Å². The van der Waals surface area contributed by atoms with Gasteiger partial charge >= 0.3 is 0 Å². The Bertz CT molecular complexity index is 362. The molecule has 1 N–H and O–H groups in total. The van der Waals surface area contributed by atoms with Gasteiger partial charge in [0.25, 0.3) is 0 Å². The third-order valence-electron chi connectivity index (χ3n) is 4.58. The third kappa shape index (κ3) is 2.94. The number of hydrogen-bond acceptors (Lipinski definition) is 2. The Morgan fingerprint density at radius 3 is 2.67 bits per heavy atom. The molecule has 3 nitrogen and oxygen atoms in total. The van der Waals surface area contributed by atoms with Gasteiger partial charge in [0.05, 0.1) is 11.7 Å². The van der Waals surface area contributed by atoms with Gasteiger partial charge in [-0.05, 0) is 44.2 Å². The van der Waals surface area contributed by atoms with Crippen LogP contribution in [0.25, 0.3) is 0 Å². The SMILES string of the molecule is c1cn(C2CCCCC2)nc1CNCC1CCC1. The van der Waals surface area contributed by atoms with E-state index in [1.807, 2.05) is 0 Å². The zero-order chi connectivity index (χ0) is 12.2. The Labute approximate surface area is 110 Å². The van der Waals surface area contributed by atoms with Crippen molar-refractivity contribution in [1.82, 2.24) is 15.1 Å². The van der Waals surface area contributed by atoms with Crippen LogP contribution in [0.4, 0.5) is 0 Å². The zero-order valence-corrected chi connectivity index (χ0v) is 11.3. The first-order valence-corrected chi connectivity index (χ1v) is 7.66. The monoisotopic (exact) mass is 247 g/mol. The van der Waals surface area contributed by atoms with Crippen LogP contribution >= 0.6 is 0 Å². The predicted octanol–water partition coefficient (Wildman–Crippen LogP) is 3.28. The molecular weight excluding hydrogens is 222 g/mol. The molecular formula is C15H25N3. The molecule has 100 valence electrons. The van der Waals surface area contributed by atoms with Crippen molar-refractivity contribution in [2.45, 2.75) is 64.0 Å². The van der Waals surface area contributed by atoms with Gasteiger partial charge in [0.15, 0.2) is 0 Å². The van der Waals surface area contributed by atoms with Crippen LogP contribution in [-0.4, -0.2) is 16.3 Å². The average Bonchev–Trinajstić information content (AvgIpc) is 2.82. The molecule has 0 aliphatic heterocycles. The minimum atomic E-state index is 0.666. The minimum absolute atomic E-state index is 0.666. The van der Waals surface area contributed by atoms with Gasteiger partial charge in [-0.3, -0.25) is 4.68 Å². The molecule has 3 heteroatoms. The number of aromatic nitrogens is 2. The Balaban J connectivity index is 1.46. The summed E-state index contributed by atoms with van der Waals surface area (Å²) in [6.45, 7) is 2.12. The summed E-state index contributed by atoms with van der Waals surface area (Å²) in [6.07, 6.45) is 13.2. The van der Waals surface area contributed by atoms with Crippen LogP contribution in [0.2, 0.25) is 0 Å². The number of nitrogens with zero attached hydrogens (tertiary/aromatic N) is 2. The van der Waals surface area contributed by atoms with E-state index in [0.717, 1.165) is 12.5 Å². The molecule has 0 bridgehead atoms. The van der Waals surface area contributed by atoms with E-state index in [9.17, 15) is 0 Å². The maximum Gasteiger partial charge on any atom is 0.0762 e. The Kier molecular flexibility index (Phi) is 3.99. The number of nitrogens with one attached hydrogen (secondary N) is 1. The largest absolute Gasteiger partial charge is 0.311 e. The fourth-order valence-corrected chi connectivity index (χ4v) is 3.12. The standard InChI is InChI=1S/C15H25N3/c1-2-7-15(8-3-1)18-10-9-14(17-18)12-16-11-13-5-4-6-13/h9-10,13,15-16H,1-8,11-12H2. The maximum atomic E-state index is 4.73. The van der Waals surface area contributed by atoms with E-state index in [-0.39, 0.29) is 0 Å². The lowest BCUT2D eigenvalue weighted by Crippen LogP contribution is -2.27. The second kappa shape index (κ2) is 5.87. The summed E-state index contributed by atoms with van der Waals surface area (Å²) in [6, 6.07) is 2.85. The molecule has 1 aromatic rings. The normalized spacial score (nSPS) is 22.0. The molecule has 3 rings (SSSR count). The zero-order valence-electron chi connectivity index (χ0n) is 11.3. The summed E-state index contributed by atoms with van der Waals surface area (Å²) in [7, 11) is 0. The van der Waals surface area contributed by atoms with Crippen LogP contribution in [0, 0.1) is 5.92 Å². The summed E-state index contributed by atoms with van der Waals surface area (Å²) in [5.41, 5.74) is 1.21. The van der Waals surface area contributed by atoms with Gasteiger partial charge in [0, 0.05) is 12.7 Å². The highest BCUT2D eigenvalue weighted by molar-refractivity contribution is 4.99. The highest BCUT2D eigenvalue weighted by Gasteiger charge is 2.17. The summed E-state index contributed by atoms with van der Waals surface area (Å²) >= 11 is 0. The molecule has 0 saturated heterocycles. The lowest BCUT2D eigenvalue weighted by Gasteiger charge is -2.25. The average molecular weight is 247 g/mol. The van der Waals surface area contributed by atoms with Crippen molar-refractivity contribution in [3.8, 4) is 0 Å². The first kappa shape index (κ1) is 12.2. The minimum Gasteiger partial charge on any atom is -0.311 e. The smallest absolute Gasteiger partial charge is 0.0762 e. The van der Waals surface area contributed by atoms with E-state index in [1.54, 1.807) is 0 Å². The first-order valence-electron chi connectivity index (χ1n) is 7.66. The fraction of sp³-hybridized carbons (Fsp3) is 0.800. The summed E-state index contributed by atoms with van der Waals surface area (Å²) < 4.78 is 2.21. The van der Waals surface area contributed by atoms with Crippen molar-refractivity contribution in [3.63, 3.8) is 0 Å². The molecule has 1 aromatic heterocycles. The van der Waals surface area contributed by atoms with Gasteiger partial charge in [-0.1, -0.05) is 25.7 Å². The second-order valence-corrected chi connectivity index (χ2v) is 6.01. The van der Waals surface area contributed by atoms with E-state index in [4.69, 9.17) is 5.10 Å². The van der Waals surface area contributed by atoms with E-state index >= 15 is 0 Å². The predicted molar refractivity (Wildman–Crippen MR) is 73.4 cm³/mol. The van der Waals surface area contributed by atoms with Gasteiger partial charge < -0.3 is 5.32 Å². The molecule has 0 unspecified atom stereocenters. The quantitative estimate of drug-likeness (QED) is 0.865. The van der Waals surface area contributed by atoms with Gasteiger partial charge in [0.1, 0.15) is 0 Å². The van der Waals surface area contributed by atoms with E-state index in [0.29, 0.717) is 6.04 Å². The van der Waals surface area contributed by atoms with E-state index in [2.05, 4.69) is 22.3 Å². The highest BCUT2D eigenvalue weighted by atomic mass is 15.3. The highest BCUT2D eigenvalue weighted by Crippen LogP contribution is 2.27. The van der Waals surface area contributed by atoms with Crippen LogP contribution in [0.5, 0.6) is 0 Å². The molecule has 0 atom stereocenters. The molecule has 0 amide bonds. The van der Waals surface area contributed by atoms with Crippen LogP contribution < -0.4 is 5.32 Å². The molecule has 1 heterocycles. The molecule has 2 fully saturated rings. The summed E-state index contributed by atoms with van der Waals surface area (Å²) in [4.78, 5) is 0. The van der Waals surface area contributed by atoms with Crippen LogP contribution in [0.15, 0.2) is 12.3 Å². The van der Waals surface area contributed by atoms with Gasteiger partial charge in [-0.15, -0.1) is 0 Å². The van der Waals surface area contributed by atoms with Gasteiger partial charge in [0.2, 0.25) is 0 Å². The van der Waals surface area contributed by atoms with Crippen molar-refractivity contribution in [2.24, 2.45) is 5.92 Å².